The quantitative estimate of drug-likeness (QED) is 0.461. The Bertz CT molecular complexity index is 1130. The van der Waals surface area contributed by atoms with Crippen molar-refractivity contribution in [3.8, 4) is 0 Å². The van der Waals surface area contributed by atoms with E-state index in [1.54, 1.807) is 24.3 Å². The summed E-state index contributed by atoms with van der Waals surface area (Å²) in [5.74, 6) is 0.418. The van der Waals surface area contributed by atoms with E-state index in [0.29, 0.717) is 28.1 Å². The van der Waals surface area contributed by atoms with Crippen LogP contribution in [-0.2, 0) is 11.3 Å². The number of aromatic nitrogens is 3. The van der Waals surface area contributed by atoms with Crippen LogP contribution in [-0.4, -0.2) is 32.3 Å². The molecule has 7 nitrogen and oxygen atoms in total. The molecule has 2 N–H and O–H groups in total. The Hall–Kier alpha value is -2.84. The van der Waals surface area contributed by atoms with Gasteiger partial charge in [0.05, 0.1) is 22.4 Å². The Morgan fingerprint density at radius 1 is 1.16 bits per heavy atom. The van der Waals surface area contributed by atoms with Crippen LogP contribution in [0.25, 0.3) is 0 Å². The lowest BCUT2D eigenvalue weighted by Crippen LogP contribution is -2.29. The van der Waals surface area contributed by atoms with Crippen molar-refractivity contribution in [3.63, 3.8) is 0 Å². The predicted octanol–water partition coefficient (Wildman–Crippen LogP) is 4.79. The number of nitrogens with one attached hydrogen (secondary N) is 2. The van der Waals surface area contributed by atoms with E-state index < -0.39 is 0 Å². The van der Waals surface area contributed by atoms with E-state index in [0.717, 1.165) is 16.8 Å². The van der Waals surface area contributed by atoms with Crippen molar-refractivity contribution in [1.29, 1.82) is 0 Å². The standard InChI is InChI=1S/C23H26ClN5O2S/c1-5-29-21(16(4)25-22(31)17-8-6-7-9-18(17)24)27-28-23(29)32-13-20(30)26-19-11-10-14(2)12-15(19)3/h6-12,16H,5,13H2,1-4H3,(H,25,31)(H,26,30). The van der Waals surface area contributed by atoms with Gasteiger partial charge in [-0.3, -0.25) is 9.59 Å². The van der Waals surface area contributed by atoms with Crippen LogP contribution in [0.15, 0.2) is 47.6 Å². The first-order valence-electron chi connectivity index (χ1n) is 10.3. The maximum atomic E-state index is 12.6. The number of amides is 2. The van der Waals surface area contributed by atoms with Crippen LogP contribution in [0.3, 0.4) is 0 Å². The highest BCUT2D eigenvalue weighted by atomic mass is 35.5. The Morgan fingerprint density at radius 2 is 1.91 bits per heavy atom. The number of thioether (sulfide) groups is 1. The molecule has 0 saturated heterocycles. The molecule has 0 bridgehead atoms. The van der Waals surface area contributed by atoms with Gasteiger partial charge in [-0.25, -0.2) is 0 Å². The van der Waals surface area contributed by atoms with Crippen molar-refractivity contribution in [2.45, 2.75) is 45.4 Å². The van der Waals surface area contributed by atoms with Crippen LogP contribution in [0.2, 0.25) is 5.02 Å². The zero-order chi connectivity index (χ0) is 23.3. The minimum Gasteiger partial charge on any atom is -0.342 e. The van der Waals surface area contributed by atoms with Gasteiger partial charge in [0.1, 0.15) is 0 Å². The van der Waals surface area contributed by atoms with Crippen LogP contribution in [0, 0.1) is 13.8 Å². The van der Waals surface area contributed by atoms with Gasteiger partial charge in [0.2, 0.25) is 5.91 Å². The van der Waals surface area contributed by atoms with Crippen LogP contribution >= 0.6 is 23.4 Å². The van der Waals surface area contributed by atoms with Crippen molar-refractivity contribution in [2.24, 2.45) is 0 Å². The highest BCUT2D eigenvalue weighted by molar-refractivity contribution is 7.99. The molecular weight excluding hydrogens is 446 g/mol. The average molecular weight is 472 g/mol. The van der Waals surface area contributed by atoms with Gasteiger partial charge in [-0.15, -0.1) is 10.2 Å². The Balaban J connectivity index is 1.64. The fraction of sp³-hybridized carbons (Fsp3) is 0.304. The lowest BCUT2D eigenvalue weighted by Gasteiger charge is -2.15. The van der Waals surface area contributed by atoms with Gasteiger partial charge >= 0.3 is 0 Å². The molecule has 2 amide bonds. The second kappa shape index (κ2) is 10.7. The summed E-state index contributed by atoms with van der Waals surface area (Å²) in [6.07, 6.45) is 0. The second-order valence-electron chi connectivity index (χ2n) is 7.42. The van der Waals surface area contributed by atoms with Crippen molar-refractivity contribution < 1.29 is 9.59 Å². The van der Waals surface area contributed by atoms with Crippen molar-refractivity contribution >= 4 is 40.9 Å². The van der Waals surface area contributed by atoms with E-state index in [9.17, 15) is 9.59 Å². The zero-order valence-electron chi connectivity index (χ0n) is 18.5. The Morgan fingerprint density at radius 3 is 2.59 bits per heavy atom. The molecule has 2 aromatic carbocycles. The number of carbonyl (C=O) groups is 2. The number of hydrogen-bond donors (Lipinski definition) is 2. The number of rotatable bonds is 8. The monoisotopic (exact) mass is 471 g/mol. The van der Waals surface area contributed by atoms with Crippen molar-refractivity contribution in [3.05, 3.63) is 70.0 Å². The van der Waals surface area contributed by atoms with Crippen LogP contribution in [0.1, 0.15) is 47.2 Å². The summed E-state index contributed by atoms with van der Waals surface area (Å²) in [6, 6.07) is 12.4. The van der Waals surface area contributed by atoms with Gasteiger partial charge in [0, 0.05) is 12.2 Å². The molecule has 0 aliphatic heterocycles. The molecule has 1 atom stereocenters. The molecule has 3 rings (SSSR count). The van der Waals surface area contributed by atoms with Crippen LogP contribution in [0.4, 0.5) is 5.69 Å². The Kier molecular flexibility index (Phi) is 7.93. The molecule has 0 spiro atoms. The number of hydrogen-bond acceptors (Lipinski definition) is 5. The Labute approximate surface area is 197 Å². The molecule has 168 valence electrons. The highest BCUT2D eigenvalue weighted by Gasteiger charge is 2.21. The molecular formula is C23H26ClN5O2S. The maximum Gasteiger partial charge on any atom is 0.253 e. The van der Waals surface area contributed by atoms with E-state index in [4.69, 9.17) is 11.6 Å². The first-order valence-corrected chi connectivity index (χ1v) is 11.6. The number of carbonyl (C=O) groups excluding carboxylic acids is 2. The largest absolute Gasteiger partial charge is 0.342 e. The van der Waals surface area contributed by atoms with Gasteiger partial charge in [0.25, 0.3) is 5.91 Å². The summed E-state index contributed by atoms with van der Waals surface area (Å²) in [4.78, 5) is 25.0. The SMILES string of the molecule is CCn1c(SCC(=O)Nc2ccc(C)cc2C)nnc1C(C)NC(=O)c1ccccc1Cl. The molecule has 32 heavy (non-hydrogen) atoms. The minimum absolute atomic E-state index is 0.116. The van der Waals surface area contributed by atoms with Crippen LogP contribution < -0.4 is 10.6 Å². The fourth-order valence-electron chi connectivity index (χ4n) is 3.28. The smallest absolute Gasteiger partial charge is 0.253 e. The van der Waals surface area contributed by atoms with Gasteiger partial charge < -0.3 is 15.2 Å². The number of nitrogens with zero attached hydrogens (tertiary/aromatic N) is 3. The molecule has 1 unspecified atom stereocenters. The lowest BCUT2D eigenvalue weighted by molar-refractivity contribution is -0.113. The third kappa shape index (κ3) is 5.69. The van der Waals surface area contributed by atoms with E-state index >= 15 is 0 Å². The highest BCUT2D eigenvalue weighted by Crippen LogP contribution is 2.23. The molecule has 1 heterocycles. The van der Waals surface area contributed by atoms with E-state index in [1.165, 1.54) is 11.8 Å². The first kappa shape index (κ1) is 23.8. The van der Waals surface area contributed by atoms with Crippen LogP contribution in [0.5, 0.6) is 0 Å². The van der Waals surface area contributed by atoms with E-state index in [1.807, 2.05) is 50.5 Å². The minimum atomic E-state index is -0.385. The van der Waals surface area contributed by atoms with Gasteiger partial charge in [-0.05, 0) is 51.5 Å². The molecule has 1 aromatic heterocycles. The van der Waals surface area contributed by atoms with E-state index in [-0.39, 0.29) is 23.6 Å². The molecule has 0 radical (unpaired) electrons. The number of halogens is 1. The van der Waals surface area contributed by atoms with E-state index in [2.05, 4.69) is 20.8 Å². The summed E-state index contributed by atoms with van der Waals surface area (Å²) < 4.78 is 1.90. The molecule has 9 heteroatoms. The average Bonchev–Trinajstić information content (AvgIpc) is 3.17. The molecule has 0 saturated carbocycles. The summed E-state index contributed by atoms with van der Waals surface area (Å²) in [6.45, 7) is 8.40. The molecule has 0 aliphatic rings. The molecule has 0 aliphatic carbocycles. The second-order valence-corrected chi connectivity index (χ2v) is 8.76. The predicted molar refractivity (Wildman–Crippen MR) is 128 cm³/mol. The summed E-state index contributed by atoms with van der Waals surface area (Å²) in [5.41, 5.74) is 3.37. The third-order valence-electron chi connectivity index (χ3n) is 4.90. The summed E-state index contributed by atoms with van der Waals surface area (Å²) in [5, 5.41) is 15.4. The fourth-order valence-corrected chi connectivity index (χ4v) is 4.31. The summed E-state index contributed by atoms with van der Waals surface area (Å²) >= 11 is 7.43. The van der Waals surface area contributed by atoms with Gasteiger partial charge in [-0.1, -0.05) is 53.2 Å². The van der Waals surface area contributed by atoms with Gasteiger partial charge in [0.15, 0.2) is 11.0 Å². The number of benzene rings is 2. The van der Waals surface area contributed by atoms with Gasteiger partial charge in [-0.2, -0.15) is 0 Å². The first-order chi connectivity index (χ1) is 15.3. The zero-order valence-corrected chi connectivity index (χ0v) is 20.0. The molecule has 3 aromatic rings. The van der Waals surface area contributed by atoms with Crippen molar-refractivity contribution in [1.82, 2.24) is 20.1 Å². The summed E-state index contributed by atoms with van der Waals surface area (Å²) in [7, 11) is 0. The number of aryl methyl sites for hydroxylation is 2. The number of anilines is 1. The third-order valence-corrected chi connectivity index (χ3v) is 6.20. The van der Waals surface area contributed by atoms with Crippen molar-refractivity contribution in [2.75, 3.05) is 11.1 Å². The topological polar surface area (TPSA) is 88.9 Å². The maximum absolute atomic E-state index is 12.6. The normalized spacial score (nSPS) is 11.8. The lowest BCUT2D eigenvalue weighted by atomic mass is 10.1. The molecule has 0 fully saturated rings.